The highest BCUT2D eigenvalue weighted by molar-refractivity contribution is 7.10. The summed E-state index contributed by atoms with van der Waals surface area (Å²) in [6.07, 6.45) is 2.01. The molecule has 1 amide bonds. The first-order valence-corrected chi connectivity index (χ1v) is 8.72. The summed E-state index contributed by atoms with van der Waals surface area (Å²) in [6.45, 7) is 0.762. The van der Waals surface area contributed by atoms with Gasteiger partial charge in [-0.1, -0.05) is 6.07 Å². The maximum absolute atomic E-state index is 13.1. The van der Waals surface area contributed by atoms with Crippen LogP contribution in [-0.4, -0.2) is 38.7 Å². The van der Waals surface area contributed by atoms with E-state index in [-0.39, 0.29) is 11.9 Å². The monoisotopic (exact) mass is 347 g/mol. The lowest BCUT2D eigenvalue weighted by molar-refractivity contribution is 0.0737. The molecule has 1 aliphatic heterocycles. The number of amides is 1. The van der Waals surface area contributed by atoms with Gasteiger partial charge in [0.05, 0.1) is 27.4 Å². The average molecular weight is 347 g/mol. The number of nitrogens with zero attached hydrogens (tertiary/aromatic N) is 1. The Labute approximate surface area is 145 Å². The summed E-state index contributed by atoms with van der Waals surface area (Å²) < 4.78 is 16.0. The van der Waals surface area contributed by atoms with E-state index in [2.05, 4.69) is 11.4 Å². The van der Waals surface area contributed by atoms with Crippen molar-refractivity contribution in [3.8, 4) is 17.2 Å². The zero-order chi connectivity index (χ0) is 17.1. The molecule has 2 heterocycles. The Balaban J connectivity index is 1.94. The third-order valence-corrected chi connectivity index (χ3v) is 5.27. The Hall–Kier alpha value is -2.21. The van der Waals surface area contributed by atoms with Crippen molar-refractivity contribution >= 4 is 17.2 Å². The lowest BCUT2D eigenvalue weighted by Gasteiger charge is -2.24. The summed E-state index contributed by atoms with van der Waals surface area (Å²) in [5.41, 5.74) is 0.549. The van der Waals surface area contributed by atoms with Crippen molar-refractivity contribution in [1.82, 2.24) is 4.90 Å². The normalized spacial score (nSPS) is 17.0. The molecule has 0 spiro atoms. The summed E-state index contributed by atoms with van der Waals surface area (Å²) in [7, 11) is 4.65. The summed E-state index contributed by atoms with van der Waals surface area (Å²) in [6, 6.07) is 7.70. The standard InChI is InChI=1S/C18H21NO4S/c1-21-14-10-12(11-15(22-2)17(14)23-3)18(20)19-8-4-6-13(19)16-7-5-9-24-16/h5,7,9-11,13H,4,6,8H2,1-3H3/t13-/m0/s1. The van der Waals surface area contributed by atoms with Crippen LogP contribution in [0.4, 0.5) is 0 Å². The van der Waals surface area contributed by atoms with Crippen molar-refractivity contribution in [3.63, 3.8) is 0 Å². The summed E-state index contributed by atoms with van der Waals surface area (Å²) >= 11 is 1.69. The van der Waals surface area contributed by atoms with Crippen molar-refractivity contribution in [2.24, 2.45) is 0 Å². The van der Waals surface area contributed by atoms with Gasteiger partial charge in [-0.25, -0.2) is 0 Å². The van der Waals surface area contributed by atoms with Crippen molar-refractivity contribution in [3.05, 3.63) is 40.1 Å². The van der Waals surface area contributed by atoms with Gasteiger partial charge in [-0.3, -0.25) is 4.79 Å². The van der Waals surface area contributed by atoms with Crippen LogP contribution in [0.1, 0.15) is 34.1 Å². The van der Waals surface area contributed by atoms with Crippen LogP contribution in [0.15, 0.2) is 29.6 Å². The maximum atomic E-state index is 13.1. The fourth-order valence-corrected chi connectivity index (χ4v) is 4.03. The third kappa shape index (κ3) is 2.94. The van der Waals surface area contributed by atoms with Gasteiger partial charge in [0.25, 0.3) is 5.91 Å². The molecule has 2 aromatic rings. The molecule has 0 N–H and O–H groups in total. The van der Waals surface area contributed by atoms with E-state index >= 15 is 0 Å². The van der Waals surface area contributed by atoms with Gasteiger partial charge in [0.15, 0.2) is 11.5 Å². The quantitative estimate of drug-likeness (QED) is 0.826. The minimum Gasteiger partial charge on any atom is -0.493 e. The molecular formula is C18H21NO4S. The third-order valence-electron chi connectivity index (χ3n) is 4.30. The fraction of sp³-hybridized carbons (Fsp3) is 0.389. The van der Waals surface area contributed by atoms with Crippen LogP contribution in [-0.2, 0) is 0 Å². The molecule has 0 radical (unpaired) electrons. The van der Waals surface area contributed by atoms with Gasteiger partial charge in [0.1, 0.15) is 0 Å². The summed E-state index contributed by atoms with van der Waals surface area (Å²) in [5, 5.41) is 2.05. The zero-order valence-corrected chi connectivity index (χ0v) is 14.9. The predicted octanol–water partition coefficient (Wildman–Crippen LogP) is 3.75. The number of likely N-dealkylation sites (tertiary alicyclic amines) is 1. The molecule has 5 nitrogen and oxygen atoms in total. The second-order valence-corrected chi connectivity index (χ2v) is 6.57. The SMILES string of the molecule is COc1cc(C(=O)N2CCC[C@H]2c2cccs2)cc(OC)c1OC. The van der Waals surface area contributed by atoms with Crippen molar-refractivity contribution in [2.75, 3.05) is 27.9 Å². The molecule has 1 saturated heterocycles. The molecule has 1 aliphatic rings. The van der Waals surface area contributed by atoms with E-state index in [0.29, 0.717) is 22.8 Å². The topological polar surface area (TPSA) is 48.0 Å². The Morgan fingerprint density at radius 1 is 1.17 bits per heavy atom. The highest BCUT2D eigenvalue weighted by atomic mass is 32.1. The smallest absolute Gasteiger partial charge is 0.254 e. The lowest BCUT2D eigenvalue weighted by Crippen LogP contribution is -2.30. The molecule has 0 unspecified atom stereocenters. The molecule has 0 saturated carbocycles. The van der Waals surface area contributed by atoms with Crippen LogP contribution in [0.5, 0.6) is 17.2 Å². The summed E-state index contributed by atoms with van der Waals surface area (Å²) in [4.78, 5) is 16.2. The van der Waals surface area contributed by atoms with Crippen LogP contribution >= 0.6 is 11.3 Å². The first-order valence-electron chi connectivity index (χ1n) is 7.84. The molecule has 0 bridgehead atoms. The zero-order valence-electron chi connectivity index (χ0n) is 14.1. The first-order chi connectivity index (χ1) is 11.7. The van der Waals surface area contributed by atoms with Crippen molar-refractivity contribution in [2.45, 2.75) is 18.9 Å². The molecule has 3 rings (SSSR count). The van der Waals surface area contributed by atoms with E-state index in [1.54, 1.807) is 44.8 Å². The molecule has 6 heteroatoms. The molecule has 0 aliphatic carbocycles. The van der Waals surface area contributed by atoms with E-state index in [1.807, 2.05) is 11.0 Å². The van der Waals surface area contributed by atoms with E-state index in [1.165, 1.54) is 4.88 Å². The van der Waals surface area contributed by atoms with E-state index in [0.717, 1.165) is 19.4 Å². The van der Waals surface area contributed by atoms with Crippen molar-refractivity contribution in [1.29, 1.82) is 0 Å². The van der Waals surface area contributed by atoms with Gasteiger partial charge >= 0.3 is 0 Å². The maximum Gasteiger partial charge on any atom is 0.254 e. The number of thiophene rings is 1. The van der Waals surface area contributed by atoms with E-state index < -0.39 is 0 Å². The predicted molar refractivity (Wildman–Crippen MR) is 93.4 cm³/mol. The number of ether oxygens (including phenoxy) is 3. The number of hydrogen-bond donors (Lipinski definition) is 0. The van der Waals surface area contributed by atoms with Crippen molar-refractivity contribution < 1.29 is 19.0 Å². The minimum absolute atomic E-state index is 0.00912. The lowest BCUT2D eigenvalue weighted by atomic mass is 10.1. The Morgan fingerprint density at radius 3 is 2.42 bits per heavy atom. The fourth-order valence-electron chi connectivity index (χ4n) is 3.16. The van der Waals surface area contributed by atoms with Gasteiger partial charge in [-0.15, -0.1) is 11.3 Å². The molecule has 1 aromatic carbocycles. The molecule has 1 fully saturated rings. The molecule has 24 heavy (non-hydrogen) atoms. The Kier molecular flexibility index (Phi) is 4.94. The Morgan fingerprint density at radius 2 is 1.88 bits per heavy atom. The minimum atomic E-state index is -0.00912. The number of methoxy groups -OCH3 is 3. The van der Waals surface area contributed by atoms with Crippen LogP contribution in [0, 0.1) is 0 Å². The first kappa shape index (κ1) is 16.6. The largest absolute Gasteiger partial charge is 0.493 e. The second-order valence-electron chi connectivity index (χ2n) is 5.59. The van der Waals surface area contributed by atoms with Gasteiger partial charge in [-0.05, 0) is 36.4 Å². The second kappa shape index (κ2) is 7.13. The van der Waals surface area contributed by atoms with Crippen LogP contribution in [0.25, 0.3) is 0 Å². The number of carbonyl (C=O) groups excluding carboxylic acids is 1. The average Bonchev–Trinajstić information content (AvgIpc) is 3.30. The molecule has 128 valence electrons. The van der Waals surface area contributed by atoms with Crippen LogP contribution in [0.2, 0.25) is 0 Å². The molecular weight excluding hydrogens is 326 g/mol. The number of carbonyl (C=O) groups is 1. The molecule has 1 aromatic heterocycles. The van der Waals surface area contributed by atoms with E-state index in [9.17, 15) is 4.79 Å². The highest BCUT2D eigenvalue weighted by Crippen LogP contribution is 2.40. The highest BCUT2D eigenvalue weighted by Gasteiger charge is 2.32. The van der Waals surface area contributed by atoms with Gasteiger partial charge < -0.3 is 19.1 Å². The van der Waals surface area contributed by atoms with Gasteiger partial charge in [0, 0.05) is 17.0 Å². The van der Waals surface area contributed by atoms with Gasteiger partial charge in [-0.2, -0.15) is 0 Å². The summed E-state index contributed by atoms with van der Waals surface area (Å²) in [5.74, 6) is 1.47. The van der Waals surface area contributed by atoms with Crippen LogP contribution < -0.4 is 14.2 Å². The number of benzene rings is 1. The van der Waals surface area contributed by atoms with Gasteiger partial charge in [0.2, 0.25) is 5.75 Å². The van der Waals surface area contributed by atoms with E-state index in [4.69, 9.17) is 14.2 Å². The number of rotatable bonds is 5. The van der Waals surface area contributed by atoms with Crippen LogP contribution in [0.3, 0.4) is 0 Å². The molecule has 1 atom stereocenters. The number of hydrogen-bond acceptors (Lipinski definition) is 5. The Bertz CT molecular complexity index is 689.